The average molecular weight is 235 g/mol. The molecule has 0 spiro atoms. The van der Waals surface area contributed by atoms with Gasteiger partial charge in [-0.25, -0.2) is 4.79 Å². The first-order chi connectivity index (χ1) is 7.88. The van der Waals surface area contributed by atoms with Crippen LogP contribution in [-0.4, -0.2) is 17.4 Å². The average Bonchev–Trinajstić information content (AvgIpc) is 2.25. The number of amides is 1. The minimum Gasteiger partial charge on any atom is -0.454 e. The van der Waals surface area contributed by atoms with Crippen molar-refractivity contribution < 1.29 is 14.3 Å². The molecule has 0 aliphatic rings. The highest BCUT2D eigenvalue weighted by Gasteiger charge is 2.21. The first-order valence-corrected chi connectivity index (χ1v) is 5.42. The van der Waals surface area contributed by atoms with Crippen molar-refractivity contribution in [3.05, 3.63) is 35.9 Å². The van der Waals surface area contributed by atoms with Gasteiger partial charge in [0.15, 0.2) is 0 Å². The summed E-state index contributed by atoms with van der Waals surface area (Å²) in [5.74, 6) is -1.57. The molecule has 0 saturated heterocycles. The number of hydrogen-bond donors (Lipinski definition) is 1. The topological polar surface area (TPSA) is 55.4 Å². The number of carbonyl (C=O) groups excluding carboxylic acids is 2. The largest absolute Gasteiger partial charge is 0.454 e. The summed E-state index contributed by atoms with van der Waals surface area (Å²) in [7, 11) is 0. The maximum absolute atomic E-state index is 11.4. The van der Waals surface area contributed by atoms with Crippen LogP contribution in [0, 0.1) is 0 Å². The van der Waals surface area contributed by atoms with Crippen molar-refractivity contribution in [1.29, 1.82) is 0 Å². The lowest BCUT2D eigenvalue weighted by atomic mass is 10.1. The second-order valence-corrected chi connectivity index (χ2v) is 4.77. The minimum absolute atomic E-state index is 0.108. The number of esters is 1. The second-order valence-electron chi connectivity index (χ2n) is 4.77. The van der Waals surface area contributed by atoms with Gasteiger partial charge in [-0.3, -0.25) is 4.79 Å². The van der Waals surface area contributed by atoms with Crippen LogP contribution in [0.1, 0.15) is 26.3 Å². The Balaban J connectivity index is 2.43. The van der Waals surface area contributed by atoms with Gasteiger partial charge in [0.1, 0.15) is 6.61 Å². The summed E-state index contributed by atoms with van der Waals surface area (Å²) in [6.45, 7) is 5.51. The molecule has 1 N–H and O–H groups in total. The van der Waals surface area contributed by atoms with Crippen LogP contribution in [0.3, 0.4) is 0 Å². The van der Waals surface area contributed by atoms with E-state index in [1.165, 1.54) is 0 Å². The number of benzene rings is 1. The van der Waals surface area contributed by atoms with Gasteiger partial charge in [0.05, 0.1) is 0 Å². The van der Waals surface area contributed by atoms with Gasteiger partial charge in [0.25, 0.3) is 0 Å². The van der Waals surface area contributed by atoms with E-state index in [9.17, 15) is 9.59 Å². The lowest BCUT2D eigenvalue weighted by Gasteiger charge is -2.19. The monoisotopic (exact) mass is 235 g/mol. The standard InChI is InChI=1S/C13H17NO3/c1-13(2,3)14-11(15)12(16)17-9-10-7-5-4-6-8-10/h4-8H,9H2,1-3H3,(H,14,15). The van der Waals surface area contributed by atoms with Crippen molar-refractivity contribution >= 4 is 11.9 Å². The minimum atomic E-state index is -0.858. The zero-order chi connectivity index (χ0) is 12.9. The molecule has 0 radical (unpaired) electrons. The molecule has 4 nitrogen and oxygen atoms in total. The molecule has 1 rings (SSSR count). The van der Waals surface area contributed by atoms with E-state index < -0.39 is 17.4 Å². The van der Waals surface area contributed by atoms with Gasteiger partial charge in [0.2, 0.25) is 0 Å². The summed E-state index contributed by atoms with van der Waals surface area (Å²) >= 11 is 0. The molecule has 0 bridgehead atoms. The SMILES string of the molecule is CC(C)(C)NC(=O)C(=O)OCc1ccccc1. The smallest absolute Gasteiger partial charge is 0.397 e. The van der Waals surface area contributed by atoms with E-state index in [0.717, 1.165) is 5.56 Å². The molecule has 0 fully saturated rings. The molecule has 0 aliphatic carbocycles. The van der Waals surface area contributed by atoms with Crippen LogP contribution in [0.15, 0.2) is 30.3 Å². The van der Waals surface area contributed by atoms with Gasteiger partial charge >= 0.3 is 11.9 Å². The molecule has 0 aromatic heterocycles. The Morgan fingerprint density at radius 3 is 2.29 bits per heavy atom. The van der Waals surface area contributed by atoms with Crippen LogP contribution in [0.4, 0.5) is 0 Å². The van der Waals surface area contributed by atoms with Crippen LogP contribution in [0.2, 0.25) is 0 Å². The van der Waals surface area contributed by atoms with Gasteiger partial charge in [0, 0.05) is 5.54 Å². The van der Waals surface area contributed by atoms with E-state index in [1.54, 1.807) is 20.8 Å². The Morgan fingerprint density at radius 2 is 1.76 bits per heavy atom. The predicted molar refractivity (Wildman–Crippen MR) is 64.1 cm³/mol. The van der Waals surface area contributed by atoms with E-state index >= 15 is 0 Å². The van der Waals surface area contributed by atoms with Crippen LogP contribution in [0.25, 0.3) is 0 Å². The fraction of sp³-hybridized carbons (Fsp3) is 0.385. The Hall–Kier alpha value is -1.84. The third-order valence-electron chi connectivity index (χ3n) is 1.89. The highest BCUT2D eigenvalue weighted by Crippen LogP contribution is 2.02. The van der Waals surface area contributed by atoms with E-state index in [-0.39, 0.29) is 6.61 Å². The highest BCUT2D eigenvalue weighted by molar-refractivity contribution is 6.32. The summed E-state index contributed by atoms with van der Waals surface area (Å²) in [6, 6.07) is 9.22. The van der Waals surface area contributed by atoms with Crippen LogP contribution < -0.4 is 5.32 Å². The van der Waals surface area contributed by atoms with Crippen molar-refractivity contribution in [1.82, 2.24) is 5.32 Å². The van der Waals surface area contributed by atoms with Gasteiger partial charge in [-0.2, -0.15) is 0 Å². The molecule has 1 aromatic carbocycles. The summed E-state index contributed by atoms with van der Waals surface area (Å²) in [4.78, 5) is 22.8. The second kappa shape index (κ2) is 5.48. The lowest BCUT2D eigenvalue weighted by Crippen LogP contribution is -2.44. The summed E-state index contributed by atoms with van der Waals surface area (Å²) in [5.41, 5.74) is 0.410. The Kier molecular flexibility index (Phi) is 4.26. The summed E-state index contributed by atoms with van der Waals surface area (Å²) < 4.78 is 4.88. The molecule has 0 aliphatic heterocycles. The number of ether oxygens (including phenoxy) is 1. The molecule has 1 amide bonds. The van der Waals surface area contributed by atoms with Crippen LogP contribution >= 0.6 is 0 Å². The van der Waals surface area contributed by atoms with Crippen molar-refractivity contribution in [2.75, 3.05) is 0 Å². The Labute approximate surface area is 101 Å². The molecular formula is C13H17NO3. The molecule has 0 saturated carbocycles. The zero-order valence-corrected chi connectivity index (χ0v) is 10.3. The molecule has 92 valence electrons. The molecule has 4 heteroatoms. The number of rotatable bonds is 2. The van der Waals surface area contributed by atoms with Crippen molar-refractivity contribution in [3.8, 4) is 0 Å². The molecule has 0 unspecified atom stereocenters. The van der Waals surface area contributed by atoms with Crippen molar-refractivity contribution in [2.45, 2.75) is 32.9 Å². The number of hydrogen-bond acceptors (Lipinski definition) is 3. The molecule has 17 heavy (non-hydrogen) atoms. The summed E-state index contributed by atoms with van der Waals surface area (Å²) in [6.07, 6.45) is 0. The molecule has 0 atom stereocenters. The first kappa shape index (κ1) is 13.2. The predicted octanol–water partition coefficient (Wildman–Crippen LogP) is 1.64. The third-order valence-corrected chi connectivity index (χ3v) is 1.89. The van der Waals surface area contributed by atoms with E-state index in [4.69, 9.17) is 4.74 Å². The van der Waals surface area contributed by atoms with Crippen molar-refractivity contribution in [3.63, 3.8) is 0 Å². The van der Waals surface area contributed by atoms with Gasteiger partial charge in [-0.05, 0) is 26.3 Å². The summed E-state index contributed by atoms with van der Waals surface area (Å²) in [5, 5.41) is 2.54. The first-order valence-electron chi connectivity index (χ1n) is 5.42. The van der Waals surface area contributed by atoms with E-state index in [1.807, 2.05) is 30.3 Å². The maximum atomic E-state index is 11.4. The van der Waals surface area contributed by atoms with E-state index in [0.29, 0.717) is 0 Å². The highest BCUT2D eigenvalue weighted by atomic mass is 16.5. The number of nitrogens with one attached hydrogen (secondary N) is 1. The molecular weight excluding hydrogens is 218 g/mol. The molecule has 1 aromatic rings. The van der Waals surface area contributed by atoms with Crippen LogP contribution in [0.5, 0.6) is 0 Å². The zero-order valence-electron chi connectivity index (χ0n) is 10.3. The number of carbonyl (C=O) groups is 2. The van der Waals surface area contributed by atoms with Gasteiger partial charge in [-0.1, -0.05) is 30.3 Å². The van der Waals surface area contributed by atoms with E-state index in [2.05, 4.69) is 5.32 Å². The van der Waals surface area contributed by atoms with Gasteiger partial charge < -0.3 is 10.1 Å². The van der Waals surface area contributed by atoms with Gasteiger partial charge in [-0.15, -0.1) is 0 Å². The van der Waals surface area contributed by atoms with Crippen LogP contribution in [-0.2, 0) is 20.9 Å². The normalized spacial score (nSPS) is 10.8. The fourth-order valence-corrected chi connectivity index (χ4v) is 1.18. The quantitative estimate of drug-likeness (QED) is 0.626. The Bertz CT molecular complexity index is 393. The maximum Gasteiger partial charge on any atom is 0.397 e. The lowest BCUT2D eigenvalue weighted by molar-refractivity contribution is -0.156. The van der Waals surface area contributed by atoms with Crippen molar-refractivity contribution in [2.24, 2.45) is 0 Å². The molecule has 0 heterocycles. The fourth-order valence-electron chi connectivity index (χ4n) is 1.18. The third kappa shape index (κ3) is 5.15. The Morgan fingerprint density at radius 1 is 1.18 bits per heavy atom.